The van der Waals surface area contributed by atoms with Crippen LogP contribution in [0.2, 0.25) is 0 Å². The number of hydrogen-bond acceptors (Lipinski definition) is 4. The van der Waals surface area contributed by atoms with Crippen LogP contribution in [0.1, 0.15) is 27.4 Å². The number of aryl methyl sites for hydroxylation is 2. The summed E-state index contributed by atoms with van der Waals surface area (Å²) in [4.78, 5) is 16.7. The van der Waals surface area contributed by atoms with Crippen molar-refractivity contribution >= 4 is 17.2 Å². The fourth-order valence-corrected chi connectivity index (χ4v) is 2.23. The molecule has 2 heterocycles. The molecular weight excluding hydrogens is 278 g/mol. The lowest BCUT2D eigenvalue weighted by molar-refractivity contribution is 0.102. The number of carbonyl (C=O) groups excluding carboxylic acids is 1. The number of fused-ring (bicyclic) bond motifs is 1. The van der Waals surface area contributed by atoms with Crippen LogP contribution < -0.4 is 5.32 Å². The summed E-state index contributed by atoms with van der Waals surface area (Å²) in [6.45, 7) is 3.73. The number of nitrogens with one attached hydrogen (secondary N) is 1. The summed E-state index contributed by atoms with van der Waals surface area (Å²) in [5, 5.41) is 16.1. The maximum Gasteiger partial charge on any atom is 0.274 e. The van der Waals surface area contributed by atoms with Gasteiger partial charge in [-0.3, -0.25) is 4.79 Å². The largest absolute Gasteiger partial charge is 0.319 e. The van der Waals surface area contributed by atoms with Crippen LogP contribution in [0.4, 0.5) is 5.69 Å². The first-order chi connectivity index (χ1) is 10.6. The number of benzene rings is 1. The average Bonchev–Trinajstić information content (AvgIpc) is 2.88. The van der Waals surface area contributed by atoms with Gasteiger partial charge in [0.05, 0.1) is 16.9 Å². The van der Waals surface area contributed by atoms with Crippen LogP contribution in [0.5, 0.6) is 0 Å². The minimum absolute atomic E-state index is 0.289. The maximum absolute atomic E-state index is 12.4. The van der Waals surface area contributed by atoms with Crippen molar-refractivity contribution in [2.24, 2.45) is 0 Å². The van der Waals surface area contributed by atoms with Crippen LogP contribution in [-0.2, 0) is 0 Å². The lowest BCUT2D eigenvalue weighted by Crippen LogP contribution is -2.16. The highest BCUT2D eigenvalue weighted by Crippen LogP contribution is 2.15. The molecule has 6 heteroatoms. The van der Waals surface area contributed by atoms with Crippen LogP contribution in [0, 0.1) is 25.2 Å². The molecule has 22 heavy (non-hydrogen) atoms. The Hall–Kier alpha value is -3.20. The molecule has 0 radical (unpaired) electrons. The standard InChI is InChI=1S/C16H13N5O/c1-10-7-15-18-14(8-11(2)21(15)20-10)16(22)19-13-6-4-3-5-12(13)9-17/h3-8H,1-2H3,(H,19,22). The lowest BCUT2D eigenvalue weighted by atomic mass is 10.2. The molecule has 0 saturated carbocycles. The molecule has 0 atom stereocenters. The summed E-state index contributed by atoms with van der Waals surface area (Å²) in [6, 6.07) is 12.4. The van der Waals surface area contributed by atoms with Gasteiger partial charge in [0.15, 0.2) is 5.65 Å². The van der Waals surface area contributed by atoms with Gasteiger partial charge in [0.25, 0.3) is 5.91 Å². The van der Waals surface area contributed by atoms with Gasteiger partial charge in [-0.05, 0) is 32.0 Å². The van der Waals surface area contributed by atoms with E-state index >= 15 is 0 Å². The molecule has 0 spiro atoms. The molecule has 3 rings (SSSR count). The molecule has 0 unspecified atom stereocenters. The average molecular weight is 291 g/mol. The summed E-state index contributed by atoms with van der Waals surface area (Å²) in [6.07, 6.45) is 0. The van der Waals surface area contributed by atoms with E-state index in [2.05, 4.69) is 15.4 Å². The Morgan fingerprint density at radius 2 is 2.05 bits per heavy atom. The Kier molecular flexibility index (Phi) is 3.31. The SMILES string of the molecule is Cc1cc2nc(C(=O)Nc3ccccc3C#N)cc(C)n2n1. The highest BCUT2D eigenvalue weighted by molar-refractivity contribution is 6.03. The summed E-state index contributed by atoms with van der Waals surface area (Å²) in [7, 11) is 0. The number of hydrogen-bond donors (Lipinski definition) is 1. The third kappa shape index (κ3) is 2.40. The van der Waals surface area contributed by atoms with Crippen molar-refractivity contribution in [1.82, 2.24) is 14.6 Å². The molecule has 3 aromatic rings. The van der Waals surface area contributed by atoms with E-state index < -0.39 is 0 Å². The number of rotatable bonds is 2. The molecule has 1 aromatic carbocycles. The van der Waals surface area contributed by atoms with Crippen molar-refractivity contribution in [2.45, 2.75) is 13.8 Å². The van der Waals surface area contributed by atoms with Crippen LogP contribution in [0.25, 0.3) is 5.65 Å². The van der Waals surface area contributed by atoms with E-state index in [1.54, 1.807) is 34.8 Å². The van der Waals surface area contributed by atoms with E-state index in [1.807, 2.05) is 26.0 Å². The topological polar surface area (TPSA) is 83.1 Å². The summed E-state index contributed by atoms with van der Waals surface area (Å²) in [5.74, 6) is -0.354. The second kappa shape index (κ2) is 5.30. The monoisotopic (exact) mass is 291 g/mol. The Bertz CT molecular complexity index is 920. The first-order valence-corrected chi connectivity index (χ1v) is 6.73. The zero-order chi connectivity index (χ0) is 15.7. The zero-order valence-electron chi connectivity index (χ0n) is 12.2. The number of para-hydroxylation sites is 1. The van der Waals surface area contributed by atoms with Gasteiger partial charge >= 0.3 is 0 Å². The van der Waals surface area contributed by atoms with Gasteiger partial charge in [-0.25, -0.2) is 9.50 Å². The molecule has 0 saturated heterocycles. The predicted octanol–water partition coefficient (Wildman–Crippen LogP) is 2.47. The van der Waals surface area contributed by atoms with Crippen LogP contribution in [0.3, 0.4) is 0 Å². The quantitative estimate of drug-likeness (QED) is 0.786. The van der Waals surface area contributed by atoms with Crippen LogP contribution in [-0.4, -0.2) is 20.5 Å². The molecule has 108 valence electrons. The number of nitriles is 1. The molecule has 6 nitrogen and oxygen atoms in total. The van der Waals surface area contributed by atoms with Gasteiger partial charge in [0, 0.05) is 11.8 Å². The fourth-order valence-electron chi connectivity index (χ4n) is 2.23. The minimum Gasteiger partial charge on any atom is -0.319 e. The number of nitrogens with zero attached hydrogens (tertiary/aromatic N) is 4. The van der Waals surface area contributed by atoms with Crippen molar-refractivity contribution in [3.8, 4) is 6.07 Å². The van der Waals surface area contributed by atoms with Gasteiger partial charge in [-0.2, -0.15) is 10.4 Å². The van der Waals surface area contributed by atoms with Crippen molar-refractivity contribution < 1.29 is 4.79 Å². The zero-order valence-corrected chi connectivity index (χ0v) is 12.2. The smallest absolute Gasteiger partial charge is 0.274 e. The van der Waals surface area contributed by atoms with E-state index in [9.17, 15) is 4.79 Å². The van der Waals surface area contributed by atoms with Crippen molar-refractivity contribution in [1.29, 1.82) is 5.26 Å². The third-order valence-corrected chi connectivity index (χ3v) is 3.26. The van der Waals surface area contributed by atoms with E-state index in [0.717, 1.165) is 11.4 Å². The summed E-state index contributed by atoms with van der Waals surface area (Å²) in [5.41, 5.74) is 3.45. The third-order valence-electron chi connectivity index (χ3n) is 3.26. The second-order valence-corrected chi connectivity index (χ2v) is 4.95. The Morgan fingerprint density at radius 1 is 1.27 bits per heavy atom. The van der Waals surface area contributed by atoms with Gasteiger partial charge in [0.1, 0.15) is 11.8 Å². The number of amides is 1. The molecule has 1 N–H and O–H groups in total. The van der Waals surface area contributed by atoms with Gasteiger partial charge in [-0.1, -0.05) is 12.1 Å². The highest BCUT2D eigenvalue weighted by Gasteiger charge is 2.13. The molecular formula is C16H13N5O. The lowest BCUT2D eigenvalue weighted by Gasteiger charge is -2.07. The van der Waals surface area contributed by atoms with Gasteiger partial charge in [-0.15, -0.1) is 0 Å². The van der Waals surface area contributed by atoms with Crippen LogP contribution in [0.15, 0.2) is 36.4 Å². The first kappa shape index (κ1) is 13.8. The van der Waals surface area contributed by atoms with E-state index in [0.29, 0.717) is 16.9 Å². The van der Waals surface area contributed by atoms with Crippen LogP contribution >= 0.6 is 0 Å². The molecule has 0 bridgehead atoms. The predicted molar refractivity (Wildman–Crippen MR) is 81.6 cm³/mol. The minimum atomic E-state index is -0.354. The van der Waals surface area contributed by atoms with E-state index in [4.69, 9.17) is 5.26 Å². The number of anilines is 1. The number of aromatic nitrogens is 3. The van der Waals surface area contributed by atoms with Crippen molar-refractivity contribution in [3.63, 3.8) is 0 Å². The fraction of sp³-hybridized carbons (Fsp3) is 0.125. The molecule has 0 aliphatic heterocycles. The maximum atomic E-state index is 12.4. The molecule has 1 amide bonds. The van der Waals surface area contributed by atoms with Crippen molar-refractivity contribution in [3.05, 3.63) is 59.0 Å². The Labute approximate surface area is 127 Å². The molecule has 0 aliphatic rings. The van der Waals surface area contributed by atoms with E-state index in [1.165, 1.54) is 0 Å². The number of carbonyl (C=O) groups is 1. The van der Waals surface area contributed by atoms with Gasteiger partial charge < -0.3 is 5.32 Å². The summed E-state index contributed by atoms with van der Waals surface area (Å²) < 4.78 is 1.69. The molecule has 0 fully saturated rings. The normalized spacial score (nSPS) is 10.4. The Balaban J connectivity index is 1.97. The highest BCUT2D eigenvalue weighted by atomic mass is 16.1. The first-order valence-electron chi connectivity index (χ1n) is 6.73. The summed E-state index contributed by atoms with van der Waals surface area (Å²) >= 11 is 0. The Morgan fingerprint density at radius 3 is 2.82 bits per heavy atom. The van der Waals surface area contributed by atoms with E-state index in [-0.39, 0.29) is 11.6 Å². The molecule has 2 aromatic heterocycles. The second-order valence-electron chi connectivity index (χ2n) is 4.95. The van der Waals surface area contributed by atoms with Gasteiger partial charge in [0.2, 0.25) is 0 Å². The molecule has 0 aliphatic carbocycles. The van der Waals surface area contributed by atoms with Crippen molar-refractivity contribution in [2.75, 3.05) is 5.32 Å².